The highest BCUT2D eigenvalue weighted by atomic mass is 16.3. The SMILES string of the molecule is BC(CCC)C1CCC(CCc2ccc(C(=O)CC)c(O)c2)CC1. The predicted octanol–water partition coefficient (Wildman–Crippen LogP) is 4.95. The molecule has 0 aliphatic heterocycles. The Labute approximate surface area is 148 Å². The summed E-state index contributed by atoms with van der Waals surface area (Å²) < 4.78 is 0. The van der Waals surface area contributed by atoms with Gasteiger partial charge in [-0.2, -0.15) is 0 Å². The molecule has 3 heteroatoms. The van der Waals surface area contributed by atoms with E-state index in [0.29, 0.717) is 12.0 Å². The summed E-state index contributed by atoms with van der Waals surface area (Å²) >= 11 is 0. The summed E-state index contributed by atoms with van der Waals surface area (Å²) in [6, 6.07) is 5.59. The number of hydrogen-bond acceptors (Lipinski definition) is 2. The second-order valence-electron chi connectivity index (χ2n) is 7.71. The molecule has 1 aromatic carbocycles. The van der Waals surface area contributed by atoms with Crippen molar-refractivity contribution in [2.75, 3.05) is 0 Å². The Morgan fingerprint density at radius 3 is 2.54 bits per heavy atom. The van der Waals surface area contributed by atoms with Crippen LogP contribution in [0.2, 0.25) is 5.82 Å². The van der Waals surface area contributed by atoms with Crippen molar-refractivity contribution in [1.82, 2.24) is 0 Å². The van der Waals surface area contributed by atoms with Gasteiger partial charge in [-0.3, -0.25) is 4.79 Å². The van der Waals surface area contributed by atoms with Gasteiger partial charge in [-0.25, -0.2) is 0 Å². The molecule has 24 heavy (non-hydrogen) atoms. The number of phenols is 1. The van der Waals surface area contributed by atoms with Crippen molar-refractivity contribution in [3.05, 3.63) is 29.3 Å². The molecule has 1 aliphatic carbocycles. The average molecular weight is 328 g/mol. The van der Waals surface area contributed by atoms with Gasteiger partial charge < -0.3 is 5.11 Å². The molecule has 1 aromatic rings. The lowest BCUT2D eigenvalue weighted by Gasteiger charge is -2.32. The molecule has 1 N–H and O–H groups in total. The molecular weight excluding hydrogens is 295 g/mol. The smallest absolute Gasteiger partial charge is 0.166 e. The van der Waals surface area contributed by atoms with E-state index in [-0.39, 0.29) is 11.5 Å². The van der Waals surface area contributed by atoms with Gasteiger partial charge >= 0.3 is 0 Å². The van der Waals surface area contributed by atoms with Crippen LogP contribution in [0.1, 0.15) is 81.1 Å². The molecular formula is C21H33BO2. The maximum absolute atomic E-state index is 11.7. The number of carbonyl (C=O) groups is 1. The molecule has 1 fully saturated rings. The summed E-state index contributed by atoms with van der Waals surface area (Å²) in [5, 5.41) is 10.1. The van der Waals surface area contributed by atoms with Crippen molar-refractivity contribution in [1.29, 1.82) is 0 Å². The predicted molar refractivity (Wildman–Crippen MR) is 104 cm³/mol. The quantitative estimate of drug-likeness (QED) is 0.542. The Bertz CT molecular complexity index is 533. The van der Waals surface area contributed by atoms with Crippen molar-refractivity contribution < 1.29 is 9.90 Å². The summed E-state index contributed by atoms with van der Waals surface area (Å²) in [5.41, 5.74) is 1.62. The lowest BCUT2D eigenvalue weighted by Crippen LogP contribution is -2.19. The molecule has 0 amide bonds. The van der Waals surface area contributed by atoms with E-state index in [2.05, 4.69) is 14.8 Å². The summed E-state index contributed by atoms with van der Waals surface area (Å²) in [7, 11) is 2.43. The van der Waals surface area contributed by atoms with Crippen molar-refractivity contribution in [3.8, 4) is 5.75 Å². The minimum atomic E-state index is 0.0126. The zero-order chi connectivity index (χ0) is 17.5. The van der Waals surface area contributed by atoms with Crippen LogP contribution in [-0.2, 0) is 6.42 Å². The normalized spacial score (nSPS) is 22.2. The van der Waals surface area contributed by atoms with Crippen LogP contribution in [0.3, 0.4) is 0 Å². The van der Waals surface area contributed by atoms with Crippen LogP contribution < -0.4 is 0 Å². The number of benzene rings is 1. The van der Waals surface area contributed by atoms with Crippen LogP contribution >= 0.6 is 0 Å². The first kappa shape index (κ1) is 19.1. The largest absolute Gasteiger partial charge is 0.507 e. The molecule has 0 aromatic heterocycles. The van der Waals surface area contributed by atoms with Gasteiger partial charge in [0.05, 0.1) is 5.56 Å². The monoisotopic (exact) mass is 328 g/mol. The summed E-state index contributed by atoms with van der Waals surface area (Å²) in [4.78, 5) is 11.7. The Morgan fingerprint density at radius 2 is 1.96 bits per heavy atom. The molecule has 2 rings (SSSR count). The van der Waals surface area contributed by atoms with Crippen molar-refractivity contribution in [2.24, 2.45) is 11.8 Å². The second-order valence-corrected chi connectivity index (χ2v) is 7.71. The zero-order valence-electron chi connectivity index (χ0n) is 15.7. The molecule has 0 bridgehead atoms. The Morgan fingerprint density at radius 1 is 1.25 bits per heavy atom. The Hall–Kier alpha value is -1.25. The van der Waals surface area contributed by atoms with Crippen LogP contribution in [0, 0.1) is 11.8 Å². The Balaban J connectivity index is 1.80. The van der Waals surface area contributed by atoms with Gasteiger partial charge in [0.1, 0.15) is 13.6 Å². The van der Waals surface area contributed by atoms with Gasteiger partial charge in [0.25, 0.3) is 0 Å². The van der Waals surface area contributed by atoms with Gasteiger partial charge in [0.2, 0.25) is 0 Å². The van der Waals surface area contributed by atoms with Crippen LogP contribution in [0.25, 0.3) is 0 Å². The summed E-state index contributed by atoms with van der Waals surface area (Å²) in [6.45, 7) is 4.12. The third-order valence-corrected chi connectivity index (χ3v) is 5.97. The van der Waals surface area contributed by atoms with Crippen LogP contribution in [-0.4, -0.2) is 18.7 Å². The van der Waals surface area contributed by atoms with E-state index in [4.69, 9.17) is 0 Å². The van der Waals surface area contributed by atoms with Gasteiger partial charge in [-0.15, -0.1) is 0 Å². The number of aromatic hydroxyl groups is 1. The maximum atomic E-state index is 11.7. The summed E-state index contributed by atoms with van der Waals surface area (Å²) in [5.74, 6) is 2.81. The Kier molecular flexibility index (Phi) is 7.39. The van der Waals surface area contributed by atoms with Crippen LogP contribution in [0.5, 0.6) is 5.75 Å². The van der Waals surface area contributed by atoms with E-state index < -0.39 is 0 Å². The van der Waals surface area contributed by atoms with E-state index in [0.717, 1.165) is 29.6 Å². The first-order chi connectivity index (χ1) is 11.5. The van der Waals surface area contributed by atoms with Crippen LogP contribution in [0.4, 0.5) is 0 Å². The molecule has 1 unspecified atom stereocenters. The average Bonchev–Trinajstić information content (AvgIpc) is 2.60. The fourth-order valence-corrected chi connectivity index (χ4v) is 4.27. The van der Waals surface area contributed by atoms with E-state index in [1.807, 2.05) is 13.0 Å². The van der Waals surface area contributed by atoms with Gasteiger partial charge in [0, 0.05) is 6.42 Å². The fourth-order valence-electron chi connectivity index (χ4n) is 4.27. The molecule has 0 spiro atoms. The highest BCUT2D eigenvalue weighted by molar-refractivity contribution is 6.11. The number of aryl methyl sites for hydroxylation is 1. The fraction of sp³-hybridized carbons (Fsp3) is 0.667. The standard InChI is InChI=1S/C21H33BO2/c1-3-5-19(22)17-11-8-15(9-12-17)6-7-16-10-13-18(20(23)4-2)21(24)14-16/h10,13-15,17,19,24H,3-9,11-12,22H2,1-2H3. The molecule has 1 aliphatic rings. The lowest BCUT2D eigenvalue weighted by molar-refractivity contribution is 0.0985. The third kappa shape index (κ3) is 5.12. The maximum Gasteiger partial charge on any atom is 0.166 e. The highest BCUT2D eigenvalue weighted by Crippen LogP contribution is 2.38. The number of Topliss-reactive ketones (excluding diaryl/α,β-unsaturated/α-hetero) is 1. The van der Waals surface area contributed by atoms with Gasteiger partial charge in [0.15, 0.2) is 5.78 Å². The molecule has 1 atom stereocenters. The van der Waals surface area contributed by atoms with Gasteiger partial charge in [-0.1, -0.05) is 64.3 Å². The van der Waals surface area contributed by atoms with Crippen LogP contribution in [0.15, 0.2) is 18.2 Å². The van der Waals surface area contributed by atoms with E-state index in [1.165, 1.54) is 44.9 Å². The molecule has 0 heterocycles. The highest BCUT2D eigenvalue weighted by Gasteiger charge is 2.24. The van der Waals surface area contributed by atoms with E-state index >= 15 is 0 Å². The van der Waals surface area contributed by atoms with E-state index in [1.54, 1.807) is 12.1 Å². The van der Waals surface area contributed by atoms with Crippen molar-refractivity contribution >= 4 is 13.6 Å². The van der Waals surface area contributed by atoms with E-state index in [9.17, 15) is 9.90 Å². The van der Waals surface area contributed by atoms with Crippen molar-refractivity contribution in [2.45, 2.75) is 77.5 Å². The minimum absolute atomic E-state index is 0.0126. The number of carbonyl (C=O) groups excluding carboxylic acids is 1. The number of phenolic OH excluding ortho intramolecular Hbond substituents is 1. The first-order valence-electron chi connectivity index (χ1n) is 9.90. The topological polar surface area (TPSA) is 37.3 Å². The number of ketones is 1. The molecule has 1 saturated carbocycles. The molecule has 2 nitrogen and oxygen atoms in total. The minimum Gasteiger partial charge on any atom is -0.507 e. The van der Waals surface area contributed by atoms with Gasteiger partial charge in [-0.05, 0) is 42.4 Å². The number of hydrogen-bond donors (Lipinski definition) is 1. The molecule has 132 valence electrons. The second kappa shape index (κ2) is 9.29. The first-order valence-corrected chi connectivity index (χ1v) is 9.90. The molecule has 0 radical (unpaired) electrons. The molecule has 0 saturated heterocycles. The van der Waals surface area contributed by atoms with Crippen molar-refractivity contribution in [3.63, 3.8) is 0 Å². The lowest BCUT2D eigenvalue weighted by atomic mass is 9.66. The number of rotatable bonds is 8. The third-order valence-electron chi connectivity index (χ3n) is 5.97. The summed E-state index contributed by atoms with van der Waals surface area (Å²) in [6.07, 6.45) is 10.8. The zero-order valence-corrected chi connectivity index (χ0v) is 15.7.